The molecule has 8 rings (SSSR count). The van der Waals surface area contributed by atoms with E-state index in [1.807, 2.05) is 0 Å². The molecule has 8 aromatic carbocycles. The molecular weight excluding hydrogens is 743 g/mol. The predicted octanol–water partition coefficient (Wildman–Crippen LogP) is 7.46. The van der Waals surface area contributed by atoms with Gasteiger partial charge >= 0.3 is 41.9 Å². The molecule has 8 aromatic rings. The summed E-state index contributed by atoms with van der Waals surface area (Å²) < 4.78 is 0. The predicted molar refractivity (Wildman–Crippen MR) is 211 cm³/mol. The molecule has 0 atom stereocenters. The van der Waals surface area contributed by atoms with Gasteiger partial charge in [0.25, 0.3) is 0 Å². The SMILES string of the molecule is CC(C)(C)c1cc2c(-c3cccc4ccccc34)cccc2[cH-]1.C[Si](C)=[Zr+2].Cc1cc2c(-c3cccc4ccccc34)ccc(C)c2[cH-]1.[Cl-].[Cl-]. The van der Waals surface area contributed by atoms with Crippen LogP contribution in [0.1, 0.15) is 37.5 Å². The van der Waals surface area contributed by atoms with Gasteiger partial charge in [0, 0.05) is 0 Å². The van der Waals surface area contributed by atoms with Crippen molar-refractivity contribution < 1.29 is 48.1 Å². The van der Waals surface area contributed by atoms with Gasteiger partial charge in [-0.2, -0.15) is 12.1 Å². The van der Waals surface area contributed by atoms with Crippen LogP contribution in [-0.4, -0.2) is 5.43 Å². The Morgan fingerprint density at radius 3 is 1.52 bits per heavy atom. The van der Waals surface area contributed by atoms with Crippen LogP contribution < -0.4 is 24.8 Å². The van der Waals surface area contributed by atoms with Crippen LogP contribution in [0.15, 0.2) is 140 Å². The van der Waals surface area contributed by atoms with Crippen LogP contribution in [0.3, 0.4) is 0 Å². The molecule has 0 nitrogen and oxygen atoms in total. The Morgan fingerprint density at radius 1 is 0.520 bits per heavy atom. The van der Waals surface area contributed by atoms with E-state index in [9.17, 15) is 0 Å². The van der Waals surface area contributed by atoms with E-state index in [1.54, 1.807) is 23.3 Å². The summed E-state index contributed by atoms with van der Waals surface area (Å²) >= 11 is 1.74. The van der Waals surface area contributed by atoms with E-state index in [0.29, 0.717) is 0 Å². The second-order valence-electron chi connectivity index (χ2n) is 14.1. The Kier molecular flexibility index (Phi) is 13.3. The van der Waals surface area contributed by atoms with Crippen LogP contribution in [0, 0.1) is 13.8 Å². The van der Waals surface area contributed by atoms with E-state index in [1.165, 1.54) is 82.0 Å². The summed E-state index contributed by atoms with van der Waals surface area (Å²) in [5, 5.41) is 10.7. The maximum Gasteiger partial charge on any atom is -0.0114 e. The number of hydrogen-bond donors (Lipinski definition) is 0. The zero-order chi connectivity index (χ0) is 34.0. The summed E-state index contributed by atoms with van der Waals surface area (Å²) in [5.74, 6) is 0. The summed E-state index contributed by atoms with van der Waals surface area (Å²) in [6.07, 6.45) is 0. The van der Waals surface area contributed by atoms with E-state index >= 15 is 0 Å². The minimum atomic E-state index is 0. The van der Waals surface area contributed by atoms with Gasteiger partial charge in [0.15, 0.2) is 0 Å². The molecule has 252 valence electrons. The quantitative estimate of drug-likeness (QED) is 0.126. The van der Waals surface area contributed by atoms with Crippen LogP contribution in [0.2, 0.25) is 13.1 Å². The minimum Gasteiger partial charge on any atom is -1.00 e. The molecular formula is C46H44Cl2SiZr-2. The molecule has 0 fully saturated rings. The molecule has 4 heteroatoms. The number of hydrogen-bond acceptors (Lipinski definition) is 0. The van der Waals surface area contributed by atoms with E-state index < -0.39 is 0 Å². The van der Waals surface area contributed by atoms with Gasteiger partial charge in [-0.15, -0.1) is 68.6 Å². The van der Waals surface area contributed by atoms with Crippen molar-refractivity contribution in [2.75, 3.05) is 0 Å². The third-order valence-electron chi connectivity index (χ3n) is 9.03. The number of rotatable bonds is 2. The molecule has 0 unspecified atom stereocenters. The van der Waals surface area contributed by atoms with Crippen molar-refractivity contribution in [3.05, 3.63) is 156 Å². The molecule has 50 heavy (non-hydrogen) atoms. The van der Waals surface area contributed by atoms with Crippen molar-refractivity contribution in [2.45, 2.75) is 53.1 Å². The fraction of sp³-hybridized carbons (Fsp3) is 0.174. The number of aryl methyl sites for hydroxylation is 2. The first-order chi connectivity index (χ1) is 23.0. The fourth-order valence-electron chi connectivity index (χ4n) is 6.65. The van der Waals surface area contributed by atoms with Crippen molar-refractivity contribution in [1.82, 2.24) is 0 Å². The Hall–Kier alpha value is -3.26. The summed E-state index contributed by atoms with van der Waals surface area (Å²) in [7, 11) is 0. The molecule has 0 bridgehead atoms. The third kappa shape index (κ3) is 8.60. The minimum absolute atomic E-state index is 0. The molecule has 0 aromatic heterocycles. The molecule has 0 spiro atoms. The molecule has 0 radical (unpaired) electrons. The molecule has 0 aliphatic heterocycles. The second-order valence-corrected chi connectivity index (χ2v) is 23.5. The van der Waals surface area contributed by atoms with Gasteiger partial charge in [-0.3, -0.25) is 0 Å². The van der Waals surface area contributed by atoms with Gasteiger partial charge in [0.05, 0.1) is 0 Å². The van der Waals surface area contributed by atoms with Crippen molar-refractivity contribution in [3.8, 4) is 22.3 Å². The van der Waals surface area contributed by atoms with Gasteiger partial charge in [-0.25, -0.2) is 0 Å². The molecule has 0 amide bonds. The van der Waals surface area contributed by atoms with Crippen molar-refractivity contribution >= 4 is 48.5 Å². The maximum atomic E-state index is 2.37. The molecule has 0 N–H and O–H groups in total. The maximum absolute atomic E-state index is 2.37. The van der Waals surface area contributed by atoms with E-state index in [2.05, 4.69) is 187 Å². The average Bonchev–Trinajstić information content (AvgIpc) is 3.69. The van der Waals surface area contributed by atoms with Crippen LogP contribution in [0.4, 0.5) is 0 Å². The molecule has 0 saturated heterocycles. The van der Waals surface area contributed by atoms with Crippen molar-refractivity contribution in [1.29, 1.82) is 0 Å². The Labute approximate surface area is 325 Å². The van der Waals surface area contributed by atoms with Gasteiger partial charge in [-0.05, 0) is 38.1 Å². The Morgan fingerprint density at radius 2 is 0.980 bits per heavy atom. The summed E-state index contributed by atoms with van der Waals surface area (Å²) in [6, 6.07) is 50.8. The zero-order valence-electron chi connectivity index (χ0n) is 30.0. The first-order valence-electron chi connectivity index (χ1n) is 16.9. The van der Waals surface area contributed by atoms with Gasteiger partial charge in [0.2, 0.25) is 0 Å². The summed E-state index contributed by atoms with van der Waals surface area (Å²) in [5.41, 5.74) is 9.78. The van der Waals surface area contributed by atoms with Gasteiger partial charge < -0.3 is 24.8 Å². The van der Waals surface area contributed by atoms with Crippen LogP contribution in [-0.2, 0) is 28.8 Å². The fourth-order valence-corrected chi connectivity index (χ4v) is 6.65. The van der Waals surface area contributed by atoms with E-state index in [4.69, 9.17) is 0 Å². The van der Waals surface area contributed by atoms with Gasteiger partial charge in [0.1, 0.15) is 0 Å². The summed E-state index contributed by atoms with van der Waals surface area (Å²) in [4.78, 5) is 0. The number of halogens is 2. The van der Waals surface area contributed by atoms with Crippen LogP contribution in [0.5, 0.6) is 0 Å². The summed E-state index contributed by atoms with van der Waals surface area (Å²) in [6.45, 7) is 15.8. The molecule has 0 saturated carbocycles. The first-order valence-corrected chi connectivity index (χ1v) is 23.0. The van der Waals surface area contributed by atoms with E-state index in [0.717, 1.165) is 0 Å². The van der Waals surface area contributed by atoms with Crippen molar-refractivity contribution in [2.24, 2.45) is 0 Å². The van der Waals surface area contributed by atoms with Crippen molar-refractivity contribution in [3.63, 3.8) is 0 Å². The zero-order valence-corrected chi connectivity index (χ0v) is 35.0. The second kappa shape index (κ2) is 16.8. The molecule has 0 aliphatic carbocycles. The first kappa shape index (κ1) is 39.5. The smallest absolute Gasteiger partial charge is 0.0114 e. The van der Waals surface area contributed by atoms with Gasteiger partial charge in [-0.1, -0.05) is 143 Å². The largest absolute Gasteiger partial charge is 1.00 e. The number of fused-ring (bicyclic) bond motifs is 4. The van der Waals surface area contributed by atoms with E-state index in [-0.39, 0.29) is 35.7 Å². The third-order valence-corrected chi connectivity index (χ3v) is 9.03. The topological polar surface area (TPSA) is 0 Å². The Balaban J connectivity index is 0.000000197. The van der Waals surface area contributed by atoms with Crippen LogP contribution in [0.25, 0.3) is 65.3 Å². The normalized spacial score (nSPS) is 10.9. The van der Waals surface area contributed by atoms with Crippen LogP contribution >= 0.6 is 0 Å². The monoisotopic (exact) mass is 784 g/mol. The average molecular weight is 787 g/mol. The Bertz CT molecular complexity index is 2390. The standard InChI is InChI=1S/C23H21.C21H17.C2H6Si.2ClH.Zr/c1-23(2,3)18-14-17-10-7-13-21(22(17)15-18)20-12-6-9-16-8-4-5-11-19(16)20;1-14-12-20-15(2)10-11-19(21(20)13-14)18-9-5-7-16-6-3-4-8-17(16)18;1-3-2;;;/h4-15H,1-3H3;3-13H,1-2H3;1-2H3;2*1H;/q2*-1;;;;+2/p-2. The molecule has 0 heterocycles. The molecule has 0 aliphatic rings. The number of benzene rings is 6.